The van der Waals surface area contributed by atoms with Gasteiger partial charge in [-0.3, -0.25) is 4.79 Å². The van der Waals surface area contributed by atoms with E-state index in [1.165, 1.54) is 0 Å². The maximum Gasteiger partial charge on any atom is 0.239 e. The molecule has 5 heteroatoms. The van der Waals surface area contributed by atoms with Gasteiger partial charge in [0.15, 0.2) is 0 Å². The van der Waals surface area contributed by atoms with E-state index < -0.39 is 0 Å². The number of nitrogens with one attached hydrogen (secondary N) is 2. The SMILES string of the molecule is COc1ccc(C)cc1NCC(=O)N[C@@H](C)c1cccs1. The topological polar surface area (TPSA) is 50.4 Å². The number of methoxy groups -OCH3 is 1. The standard InChI is InChI=1S/C16H20N2O2S/c1-11-6-7-14(20-3)13(9-11)17-10-16(19)18-12(2)15-5-4-8-21-15/h4-9,12,17H,10H2,1-3H3,(H,18,19)/t12-/m0/s1. The Balaban J connectivity index is 1.91. The molecule has 112 valence electrons. The van der Waals surface area contributed by atoms with Gasteiger partial charge in [0.25, 0.3) is 0 Å². The first-order valence-electron chi connectivity index (χ1n) is 6.81. The van der Waals surface area contributed by atoms with Crippen molar-refractivity contribution in [1.82, 2.24) is 5.32 Å². The van der Waals surface area contributed by atoms with Gasteiger partial charge in [-0.25, -0.2) is 0 Å². The van der Waals surface area contributed by atoms with Crippen LogP contribution in [0.15, 0.2) is 35.7 Å². The molecule has 1 amide bonds. The molecule has 21 heavy (non-hydrogen) atoms. The Morgan fingerprint density at radius 2 is 2.19 bits per heavy atom. The van der Waals surface area contributed by atoms with Gasteiger partial charge in [-0.2, -0.15) is 0 Å². The van der Waals surface area contributed by atoms with E-state index in [4.69, 9.17) is 4.74 Å². The molecule has 0 bridgehead atoms. The van der Waals surface area contributed by atoms with Gasteiger partial charge in [-0.15, -0.1) is 11.3 Å². The number of carbonyl (C=O) groups excluding carboxylic acids is 1. The van der Waals surface area contributed by atoms with Crippen molar-refractivity contribution in [3.8, 4) is 5.75 Å². The summed E-state index contributed by atoms with van der Waals surface area (Å²) >= 11 is 1.64. The lowest BCUT2D eigenvalue weighted by molar-refractivity contribution is -0.120. The molecule has 1 aromatic carbocycles. The number of hydrogen-bond donors (Lipinski definition) is 2. The van der Waals surface area contributed by atoms with Crippen LogP contribution in [0.1, 0.15) is 23.4 Å². The smallest absolute Gasteiger partial charge is 0.239 e. The lowest BCUT2D eigenvalue weighted by Gasteiger charge is -2.15. The number of aryl methyl sites for hydroxylation is 1. The van der Waals surface area contributed by atoms with Gasteiger partial charge in [0.2, 0.25) is 5.91 Å². The van der Waals surface area contributed by atoms with Crippen LogP contribution in [0.5, 0.6) is 5.75 Å². The van der Waals surface area contributed by atoms with Crippen LogP contribution in [0.4, 0.5) is 5.69 Å². The minimum Gasteiger partial charge on any atom is -0.495 e. The van der Waals surface area contributed by atoms with Crippen LogP contribution >= 0.6 is 11.3 Å². The van der Waals surface area contributed by atoms with Gasteiger partial charge in [0, 0.05) is 4.88 Å². The van der Waals surface area contributed by atoms with Crippen molar-refractivity contribution in [1.29, 1.82) is 0 Å². The highest BCUT2D eigenvalue weighted by Gasteiger charge is 2.11. The summed E-state index contributed by atoms with van der Waals surface area (Å²) in [6.07, 6.45) is 0. The molecular formula is C16H20N2O2S. The molecule has 2 rings (SSSR count). The fourth-order valence-electron chi connectivity index (χ4n) is 2.04. The molecule has 0 saturated heterocycles. The maximum atomic E-state index is 12.0. The normalized spacial score (nSPS) is 11.8. The third-order valence-electron chi connectivity index (χ3n) is 3.14. The van der Waals surface area contributed by atoms with E-state index in [1.54, 1.807) is 18.4 Å². The summed E-state index contributed by atoms with van der Waals surface area (Å²) in [6, 6.07) is 9.87. The van der Waals surface area contributed by atoms with E-state index in [1.807, 2.05) is 49.6 Å². The van der Waals surface area contributed by atoms with E-state index in [0.29, 0.717) is 0 Å². The number of amides is 1. The predicted octanol–water partition coefficient (Wildman–Crippen LogP) is 3.35. The van der Waals surface area contributed by atoms with Crippen molar-refractivity contribution < 1.29 is 9.53 Å². The van der Waals surface area contributed by atoms with Crippen molar-refractivity contribution in [2.45, 2.75) is 19.9 Å². The highest BCUT2D eigenvalue weighted by atomic mass is 32.1. The average Bonchev–Trinajstić information content (AvgIpc) is 2.99. The van der Waals surface area contributed by atoms with Crippen LogP contribution in [-0.2, 0) is 4.79 Å². The van der Waals surface area contributed by atoms with Gasteiger partial charge >= 0.3 is 0 Å². The number of ether oxygens (including phenoxy) is 1. The average molecular weight is 304 g/mol. The second-order valence-electron chi connectivity index (χ2n) is 4.86. The summed E-state index contributed by atoms with van der Waals surface area (Å²) < 4.78 is 5.28. The molecule has 0 unspecified atom stereocenters. The minimum absolute atomic E-state index is 0.0266. The molecule has 1 aromatic heterocycles. The van der Waals surface area contributed by atoms with Crippen LogP contribution in [0.3, 0.4) is 0 Å². The van der Waals surface area contributed by atoms with Crippen LogP contribution < -0.4 is 15.4 Å². The second-order valence-corrected chi connectivity index (χ2v) is 5.84. The first-order valence-corrected chi connectivity index (χ1v) is 7.69. The van der Waals surface area contributed by atoms with Crippen LogP contribution in [0.25, 0.3) is 0 Å². The molecule has 0 saturated carbocycles. The number of benzene rings is 1. The Morgan fingerprint density at radius 1 is 1.38 bits per heavy atom. The largest absolute Gasteiger partial charge is 0.495 e. The van der Waals surface area contributed by atoms with Gasteiger partial charge in [-0.1, -0.05) is 12.1 Å². The van der Waals surface area contributed by atoms with E-state index in [0.717, 1.165) is 21.9 Å². The third-order valence-corrected chi connectivity index (χ3v) is 4.20. The van der Waals surface area contributed by atoms with Crippen molar-refractivity contribution in [2.24, 2.45) is 0 Å². The molecule has 0 aliphatic heterocycles. The maximum absolute atomic E-state index is 12.0. The molecule has 1 atom stereocenters. The first kappa shape index (κ1) is 15.4. The molecule has 0 radical (unpaired) electrons. The molecule has 1 heterocycles. The number of hydrogen-bond acceptors (Lipinski definition) is 4. The first-order chi connectivity index (χ1) is 10.1. The summed E-state index contributed by atoms with van der Waals surface area (Å²) in [6.45, 7) is 4.20. The third kappa shape index (κ3) is 4.23. The zero-order valence-corrected chi connectivity index (χ0v) is 13.3. The molecular weight excluding hydrogens is 284 g/mol. The minimum atomic E-state index is -0.0422. The van der Waals surface area contributed by atoms with Crippen LogP contribution in [-0.4, -0.2) is 19.6 Å². The number of carbonyl (C=O) groups is 1. The predicted molar refractivity (Wildman–Crippen MR) is 87.1 cm³/mol. The fraction of sp³-hybridized carbons (Fsp3) is 0.312. The molecule has 2 aromatic rings. The molecule has 0 aliphatic carbocycles. The highest BCUT2D eigenvalue weighted by Crippen LogP contribution is 2.25. The highest BCUT2D eigenvalue weighted by molar-refractivity contribution is 7.10. The second kappa shape index (κ2) is 7.13. The van der Waals surface area contributed by atoms with Gasteiger partial charge in [0.05, 0.1) is 25.4 Å². The quantitative estimate of drug-likeness (QED) is 0.860. The Bertz CT molecular complexity index is 596. The van der Waals surface area contributed by atoms with E-state index >= 15 is 0 Å². The van der Waals surface area contributed by atoms with Gasteiger partial charge in [-0.05, 0) is 43.0 Å². The molecule has 4 nitrogen and oxygen atoms in total. The van der Waals surface area contributed by atoms with Crippen molar-refractivity contribution in [2.75, 3.05) is 19.0 Å². The summed E-state index contributed by atoms with van der Waals surface area (Å²) in [4.78, 5) is 13.1. The Kier molecular flexibility index (Phi) is 5.22. The van der Waals surface area contributed by atoms with Crippen molar-refractivity contribution in [3.05, 3.63) is 46.2 Å². The Labute approximate surface area is 129 Å². The molecule has 0 spiro atoms. The fourth-order valence-corrected chi connectivity index (χ4v) is 2.77. The zero-order valence-electron chi connectivity index (χ0n) is 12.5. The number of thiophene rings is 1. The summed E-state index contributed by atoms with van der Waals surface area (Å²) in [5.41, 5.74) is 1.95. The van der Waals surface area contributed by atoms with E-state index in [2.05, 4.69) is 10.6 Å². The van der Waals surface area contributed by atoms with Crippen molar-refractivity contribution in [3.63, 3.8) is 0 Å². The van der Waals surface area contributed by atoms with Crippen LogP contribution in [0.2, 0.25) is 0 Å². The Morgan fingerprint density at radius 3 is 2.86 bits per heavy atom. The van der Waals surface area contributed by atoms with E-state index in [9.17, 15) is 4.79 Å². The lowest BCUT2D eigenvalue weighted by atomic mass is 10.2. The summed E-state index contributed by atoms with van der Waals surface area (Å²) in [7, 11) is 1.62. The van der Waals surface area contributed by atoms with Gasteiger partial charge in [0.1, 0.15) is 5.75 Å². The zero-order chi connectivity index (χ0) is 15.2. The molecule has 2 N–H and O–H groups in total. The molecule has 0 fully saturated rings. The monoisotopic (exact) mass is 304 g/mol. The Hall–Kier alpha value is -2.01. The summed E-state index contributed by atoms with van der Waals surface area (Å²) in [5, 5.41) is 8.10. The summed E-state index contributed by atoms with van der Waals surface area (Å²) in [5.74, 6) is 0.694. The van der Waals surface area contributed by atoms with E-state index in [-0.39, 0.29) is 18.5 Å². The number of anilines is 1. The lowest BCUT2D eigenvalue weighted by Crippen LogP contribution is -2.31. The number of rotatable bonds is 6. The van der Waals surface area contributed by atoms with Crippen LogP contribution in [0, 0.1) is 6.92 Å². The van der Waals surface area contributed by atoms with Gasteiger partial charge < -0.3 is 15.4 Å². The molecule has 0 aliphatic rings. The van der Waals surface area contributed by atoms with Crippen molar-refractivity contribution >= 4 is 22.9 Å².